The average molecular weight is 328 g/mol. The Kier molecular flexibility index (Phi) is 3.79. The van der Waals surface area contributed by atoms with Gasteiger partial charge in [-0.1, -0.05) is 54.1 Å². The number of aromatic nitrogens is 2. The minimum Gasteiger partial charge on any atom is -0.268 e. The quantitative estimate of drug-likeness (QED) is 0.747. The van der Waals surface area contributed by atoms with E-state index in [0.717, 1.165) is 16.7 Å². The average Bonchev–Trinajstić information content (AvgIpc) is 2.86. The van der Waals surface area contributed by atoms with Gasteiger partial charge in [0.15, 0.2) is 0 Å². The van der Waals surface area contributed by atoms with Crippen molar-refractivity contribution in [1.29, 1.82) is 0 Å². The van der Waals surface area contributed by atoms with Gasteiger partial charge in [-0.3, -0.25) is 4.55 Å². The van der Waals surface area contributed by atoms with Crippen molar-refractivity contribution in [1.82, 2.24) is 9.19 Å². The van der Waals surface area contributed by atoms with E-state index in [0.29, 0.717) is 21.0 Å². The lowest BCUT2D eigenvalue weighted by Crippen LogP contribution is -2.14. The van der Waals surface area contributed by atoms with Crippen LogP contribution in [0.25, 0.3) is 22.4 Å². The Labute approximate surface area is 135 Å². The van der Waals surface area contributed by atoms with E-state index in [-0.39, 0.29) is 0 Å². The fourth-order valence-corrected chi connectivity index (χ4v) is 3.27. The molecule has 118 valence electrons. The number of benzene rings is 2. The number of aryl methyl sites for hydroxylation is 1. The SMILES string of the molecule is Cc1cccc(-c2nn(S(=O)(=O)O)c(C)c2-c2ccccc2)c1. The van der Waals surface area contributed by atoms with Crippen LogP contribution in [0.4, 0.5) is 0 Å². The van der Waals surface area contributed by atoms with Crippen molar-refractivity contribution in [3.05, 3.63) is 65.9 Å². The molecule has 6 heteroatoms. The van der Waals surface area contributed by atoms with Crippen LogP contribution >= 0.6 is 0 Å². The minimum absolute atomic E-state index is 0.371. The largest absolute Gasteiger partial charge is 0.379 e. The molecule has 5 nitrogen and oxygen atoms in total. The second-order valence-electron chi connectivity index (χ2n) is 5.37. The van der Waals surface area contributed by atoms with Gasteiger partial charge >= 0.3 is 10.3 Å². The molecule has 3 aromatic rings. The summed E-state index contributed by atoms with van der Waals surface area (Å²) in [7, 11) is -4.46. The molecule has 1 heterocycles. The first-order chi connectivity index (χ1) is 10.9. The minimum atomic E-state index is -4.46. The summed E-state index contributed by atoms with van der Waals surface area (Å²) < 4.78 is 33.3. The Morgan fingerprint density at radius 2 is 1.61 bits per heavy atom. The molecule has 0 atom stereocenters. The van der Waals surface area contributed by atoms with Gasteiger partial charge in [-0.25, -0.2) is 0 Å². The van der Waals surface area contributed by atoms with Gasteiger partial charge in [0, 0.05) is 11.1 Å². The summed E-state index contributed by atoms with van der Waals surface area (Å²) in [6, 6.07) is 17.1. The van der Waals surface area contributed by atoms with Crippen molar-refractivity contribution in [2.24, 2.45) is 0 Å². The third-order valence-electron chi connectivity index (χ3n) is 3.65. The summed E-state index contributed by atoms with van der Waals surface area (Å²) in [5.74, 6) is 0. The predicted molar refractivity (Wildman–Crippen MR) is 89.5 cm³/mol. The summed E-state index contributed by atoms with van der Waals surface area (Å²) in [5, 5.41) is 4.15. The summed E-state index contributed by atoms with van der Waals surface area (Å²) in [6.07, 6.45) is 0. The molecule has 0 unspecified atom stereocenters. The second kappa shape index (κ2) is 5.64. The van der Waals surface area contributed by atoms with Gasteiger partial charge in [0.25, 0.3) is 0 Å². The molecule has 0 saturated heterocycles. The van der Waals surface area contributed by atoms with Gasteiger partial charge in [-0.2, -0.15) is 13.5 Å². The van der Waals surface area contributed by atoms with E-state index in [1.165, 1.54) is 0 Å². The highest BCUT2D eigenvalue weighted by molar-refractivity contribution is 7.84. The molecular formula is C17H16N2O3S. The molecule has 1 aromatic heterocycles. The van der Waals surface area contributed by atoms with Crippen molar-refractivity contribution in [3.8, 4) is 22.4 Å². The summed E-state index contributed by atoms with van der Waals surface area (Å²) in [6.45, 7) is 3.58. The van der Waals surface area contributed by atoms with Crippen LogP contribution in [0, 0.1) is 13.8 Å². The Hall–Kier alpha value is -2.44. The Morgan fingerprint density at radius 1 is 0.957 bits per heavy atom. The van der Waals surface area contributed by atoms with Crippen LogP contribution in [0.3, 0.4) is 0 Å². The van der Waals surface area contributed by atoms with Crippen molar-refractivity contribution in [3.63, 3.8) is 0 Å². The molecular weight excluding hydrogens is 312 g/mol. The monoisotopic (exact) mass is 328 g/mol. The van der Waals surface area contributed by atoms with Gasteiger partial charge in [0.05, 0.1) is 5.69 Å². The third kappa shape index (κ3) is 2.91. The van der Waals surface area contributed by atoms with Crippen LogP contribution in [-0.4, -0.2) is 22.2 Å². The predicted octanol–water partition coefficient (Wildman–Crippen LogP) is 3.48. The zero-order valence-electron chi connectivity index (χ0n) is 12.8. The topological polar surface area (TPSA) is 72.2 Å². The first-order valence-corrected chi connectivity index (χ1v) is 8.47. The van der Waals surface area contributed by atoms with Crippen LogP contribution in [0.15, 0.2) is 54.6 Å². The Morgan fingerprint density at radius 3 is 2.22 bits per heavy atom. The molecule has 23 heavy (non-hydrogen) atoms. The van der Waals surface area contributed by atoms with E-state index in [1.807, 2.05) is 61.5 Å². The molecule has 1 N–H and O–H groups in total. The van der Waals surface area contributed by atoms with Gasteiger partial charge in [0.1, 0.15) is 5.69 Å². The van der Waals surface area contributed by atoms with Gasteiger partial charge in [-0.05, 0) is 25.5 Å². The standard InChI is InChI=1S/C17H16N2O3S/c1-12-7-6-10-15(11-12)17-16(14-8-4-3-5-9-14)13(2)19(18-17)23(20,21)22/h3-11H,1-2H3,(H,20,21,22). The highest BCUT2D eigenvalue weighted by Gasteiger charge is 2.23. The van der Waals surface area contributed by atoms with Crippen molar-refractivity contribution in [2.75, 3.05) is 0 Å². The Bertz CT molecular complexity index is 961. The van der Waals surface area contributed by atoms with E-state index in [2.05, 4.69) is 5.10 Å². The lowest BCUT2D eigenvalue weighted by Gasteiger charge is -2.05. The molecule has 0 aliphatic rings. The molecule has 0 saturated carbocycles. The number of nitrogens with zero attached hydrogens (tertiary/aromatic N) is 2. The van der Waals surface area contributed by atoms with E-state index in [4.69, 9.17) is 0 Å². The van der Waals surface area contributed by atoms with Crippen LogP contribution in [-0.2, 0) is 10.3 Å². The molecule has 0 amide bonds. The summed E-state index contributed by atoms with van der Waals surface area (Å²) >= 11 is 0. The van der Waals surface area contributed by atoms with Crippen LogP contribution in [0.1, 0.15) is 11.3 Å². The van der Waals surface area contributed by atoms with Gasteiger partial charge < -0.3 is 0 Å². The maximum atomic E-state index is 11.6. The molecule has 0 aliphatic heterocycles. The van der Waals surface area contributed by atoms with Gasteiger partial charge in [0.2, 0.25) is 0 Å². The molecule has 0 aliphatic carbocycles. The fourth-order valence-electron chi connectivity index (χ4n) is 2.65. The normalized spacial score (nSPS) is 11.6. The van der Waals surface area contributed by atoms with E-state index in [9.17, 15) is 13.0 Å². The van der Waals surface area contributed by atoms with E-state index >= 15 is 0 Å². The maximum absolute atomic E-state index is 11.6. The van der Waals surface area contributed by atoms with Gasteiger partial charge in [-0.15, -0.1) is 4.09 Å². The zero-order chi connectivity index (χ0) is 16.6. The van der Waals surface area contributed by atoms with Crippen molar-refractivity contribution in [2.45, 2.75) is 13.8 Å². The van der Waals surface area contributed by atoms with Crippen LogP contribution in [0.2, 0.25) is 0 Å². The first-order valence-electron chi connectivity index (χ1n) is 7.08. The highest BCUT2D eigenvalue weighted by atomic mass is 32.2. The third-order valence-corrected chi connectivity index (χ3v) is 4.44. The molecule has 3 rings (SSSR count). The lowest BCUT2D eigenvalue weighted by molar-refractivity contribution is 0.464. The fraction of sp³-hybridized carbons (Fsp3) is 0.118. The molecule has 0 fully saturated rings. The number of rotatable bonds is 3. The smallest absolute Gasteiger partial charge is 0.268 e. The summed E-state index contributed by atoms with van der Waals surface area (Å²) in [4.78, 5) is 0. The van der Waals surface area contributed by atoms with E-state index in [1.54, 1.807) is 6.92 Å². The molecule has 0 radical (unpaired) electrons. The van der Waals surface area contributed by atoms with E-state index < -0.39 is 10.3 Å². The number of hydrogen-bond acceptors (Lipinski definition) is 3. The Balaban J connectivity index is 2.35. The first kappa shape index (κ1) is 15.5. The van der Waals surface area contributed by atoms with Crippen LogP contribution < -0.4 is 0 Å². The van der Waals surface area contributed by atoms with Crippen molar-refractivity contribution < 1.29 is 13.0 Å². The second-order valence-corrected chi connectivity index (χ2v) is 6.61. The zero-order valence-corrected chi connectivity index (χ0v) is 13.6. The van der Waals surface area contributed by atoms with Crippen LogP contribution in [0.5, 0.6) is 0 Å². The lowest BCUT2D eigenvalue weighted by atomic mass is 9.98. The van der Waals surface area contributed by atoms with Crippen molar-refractivity contribution >= 4 is 10.3 Å². The molecule has 0 spiro atoms. The summed E-state index contributed by atoms with van der Waals surface area (Å²) in [5.41, 5.74) is 4.27. The number of hydrogen-bond donors (Lipinski definition) is 1. The molecule has 0 bridgehead atoms. The molecule has 2 aromatic carbocycles. The maximum Gasteiger partial charge on any atom is 0.379 e. The highest BCUT2D eigenvalue weighted by Crippen LogP contribution is 2.34.